The molecule has 0 fully saturated rings. The summed E-state index contributed by atoms with van der Waals surface area (Å²) >= 11 is 0. The predicted molar refractivity (Wildman–Crippen MR) is 54.2 cm³/mol. The summed E-state index contributed by atoms with van der Waals surface area (Å²) in [6, 6.07) is 2.71. The lowest BCUT2D eigenvalue weighted by Crippen LogP contribution is -2.48. The van der Waals surface area contributed by atoms with Gasteiger partial charge in [0.1, 0.15) is 24.4 Å². The second kappa shape index (κ2) is 5.89. The third kappa shape index (κ3) is 3.11. The van der Waals surface area contributed by atoms with E-state index in [0.29, 0.717) is 0 Å². The number of hydrogen-bond acceptors (Lipinski definition) is 7. The molecule has 0 saturated heterocycles. The van der Waals surface area contributed by atoms with Crippen LogP contribution < -0.4 is 0 Å². The minimum Gasteiger partial charge on any atom is -0.461 e. The Bertz CT molecular complexity index is 348. The fourth-order valence-electron chi connectivity index (χ4n) is 1.24. The topological polar surface area (TPSA) is 131 Å². The summed E-state index contributed by atoms with van der Waals surface area (Å²) in [4.78, 5) is 11.5. The van der Waals surface area contributed by atoms with Gasteiger partial charge >= 0.3 is 0 Å². The van der Waals surface area contributed by atoms with Gasteiger partial charge < -0.3 is 29.9 Å². The van der Waals surface area contributed by atoms with Gasteiger partial charge in [0.25, 0.3) is 0 Å². The normalized spacial score (nSPS) is 18.4. The van der Waals surface area contributed by atoms with Crippen molar-refractivity contribution in [2.45, 2.75) is 24.4 Å². The Balaban J connectivity index is 2.69. The second-order valence-electron chi connectivity index (χ2n) is 3.52. The monoisotopic (exact) mass is 246 g/mol. The van der Waals surface area contributed by atoms with Crippen molar-refractivity contribution < 1.29 is 34.7 Å². The molecule has 0 bridgehead atoms. The van der Waals surface area contributed by atoms with Crippen LogP contribution in [0.4, 0.5) is 0 Å². The van der Waals surface area contributed by atoms with Crippen molar-refractivity contribution in [3.05, 3.63) is 24.2 Å². The second-order valence-corrected chi connectivity index (χ2v) is 3.52. The minimum atomic E-state index is -1.95. The van der Waals surface area contributed by atoms with Gasteiger partial charge in [0.05, 0.1) is 12.9 Å². The van der Waals surface area contributed by atoms with E-state index in [4.69, 9.17) is 14.6 Å². The van der Waals surface area contributed by atoms with Crippen molar-refractivity contribution >= 4 is 5.78 Å². The van der Waals surface area contributed by atoms with Gasteiger partial charge in [0.15, 0.2) is 5.76 Å². The lowest BCUT2D eigenvalue weighted by Gasteiger charge is -2.24. The highest BCUT2D eigenvalue weighted by Crippen LogP contribution is 2.11. The van der Waals surface area contributed by atoms with E-state index in [-0.39, 0.29) is 5.76 Å². The van der Waals surface area contributed by atoms with Crippen LogP contribution in [-0.4, -0.2) is 62.3 Å². The Labute approximate surface area is 96.5 Å². The van der Waals surface area contributed by atoms with Gasteiger partial charge in [-0.1, -0.05) is 0 Å². The van der Waals surface area contributed by atoms with E-state index < -0.39 is 36.8 Å². The maximum absolute atomic E-state index is 11.5. The number of furan rings is 1. The Morgan fingerprint density at radius 1 is 1.24 bits per heavy atom. The van der Waals surface area contributed by atoms with Crippen LogP contribution in [0, 0.1) is 0 Å². The van der Waals surface area contributed by atoms with Crippen molar-refractivity contribution in [3.63, 3.8) is 0 Å². The van der Waals surface area contributed by atoms with E-state index in [1.165, 1.54) is 18.4 Å². The molecule has 0 aliphatic rings. The Kier molecular flexibility index (Phi) is 4.79. The van der Waals surface area contributed by atoms with E-state index in [0.717, 1.165) is 0 Å². The molecule has 5 N–H and O–H groups in total. The highest BCUT2D eigenvalue weighted by molar-refractivity contribution is 5.97. The van der Waals surface area contributed by atoms with E-state index in [2.05, 4.69) is 0 Å². The molecule has 4 atom stereocenters. The first-order valence-corrected chi connectivity index (χ1v) is 4.90. The Hall–Kier alpha value is -1.25. The quantitative estimate of drug-likeness (QED) is 0.363. The average molecular weight is 246 g/mol. The maximum atomic E-state index is 11.5. The molecule has 0 unspecified atom stereocenters. The summed E-state index contributed by atoms with van der Waals surface area (Å²) in [5.41, 5.74) is 0. The van der Waals surface area contributed by atoms with Crippen LogP contribution in [0.25, 0.3) is 0 Å². The highest BCUT2D eigenvalue weighted by Gasteiger charge is 2.35. The van der Waals surface area contributed by atoms with Gasteiger partial charge in [0.2, 0.25) is 5.78 Å². The van der Waals surface area contributed by atoms with Crippen LogP contribution in [0.3, 0.4) is 0 Å². The smallest absolute Gasteiger partial charge is 0.229 e. The fraction of sp³-hybridized carbons (Fsp3) is 0.500. The summed E-state index contributed by atoms with van der Waals surface area (Å²) < 4.78 is 4.72. The molecule has 0 aromatic carbocycles. The molecule has 0 aliphatic heterocycles. The zero-order chi connectivity index (χ0) is 13.0. The molecule has 1 rings (SSSR count). The fourth-order valence-corrected chi connectivity index (χ4v) is 1.24. The average Bonchev–Trinajstić information content (AvgIpc) is 2.87. The zero-order valence-electron chi connectivity index (χ0n) is 8.80. The lowest BCUT2D eigenvalue weighted by atomic mass is 9.99. The number of Topliss-reactive ketones (excluding diaryl/α,β-unsaturated/α-hetero) is 1. The van der Waals surface area contributed by atoms with Gasteiger partial charge in [-0.3, -0.25) is 4.79 Å². The van der Waals surface area contributed by atoms with Gasteiger partial charge in [0, 0.05) is 0 Å². The standard InChI is InChI=1S/C10H14O7/c11-4-5(12)7(13)9(15)10(16)8(14)6-2-1-3-17-6/h1-3,5,7,9-13,15-16H,4H2/t5-,7+,9+,10+/m1/s1. The molecule has 1 aromatic rings. The van der Waals surface area contributed by atoms with Crippen LogP contribution in [0.15, 0.2) is 22.8 Å². The number of carbonyl (C=O) groups excluding carboxylic acids is 1. The van der Waals surface area contributed by atoms with Crippen LogP contribution in [-0.2, 0) is 0 Å². The van der Waals surface area contributed by atoms with Gasteiger partial charge in [-0.25, -0.2) is 0 Å². The summed E-state index contributed by atoms with van der Waals surface area (Å²) in [5.74, 6) is -1.10. The Morgan fingerprint density at radius 3 is 2.35 bits per heavy atom. The van der Waals surface area contributed by atoms with E-state index >= 15 is 0 Å². The highest BCUT2D eigenvalue weighted by atomic mass is 16.4. The molecule has 0 saturated carbocycles. The third-order valence-corrected chi connectivity index (χ3v) is 2.29. The molecule has 1 heterocycles. The SMILES string of the molecule is O=C(c1ccco1)[C@H](O)[C@@H](O)[C@@H](O)[C@H](O)CO. The molecule has 17 heavy (non-hydrogen) atoms. The molecular formula is C10H14O7. The van der Waals surface area contributed by atoms with Crippen molar-refractivity contribution in [2.75, 3.05) is 6.61 Å². The van der Waals surface area contributed by atoms with Crippen LogP contribution in [0.1, 0.15) is 10.6 Å². The number of carbonyl (C=O) groups is 1. The first kappa shape index (κ1) is 13.8. The molecule has 1 aromatic heterocycles. The molecular weight excluding hydrogens is 232 g/mol. The molecule has 0 aliphatic carbocycles. The summed E-state index contributed by atoms with van der Waals surface area (Å²) in [5, 5.41) is 45.8. The van der Waals surface area contributed by atoms with Gasteiger partial charge in [-0.05, 0) is 12.1 Å². The lowest BCUT2D eigenvalue weighted by molar-refractivity contribution is -0.106. The molecule has 0 amide bonds. The van der Waals surface area contributed by atoms with E-state index in [1.54, 1.807) is 0 Å². The third-order valence-electron chi connectivity index (χ3n) is 2.29. The van der Waals surface area contributed by atoms with E-state index in [9.17, 15) is 20.1 Å². The number of aliphatic hydroxyl groups excluding tert-OH is 5. The van der Waals surface area contributed by atoms with Gasteiger partial charge in [-0.2, -0.15) is 0 Å². The number of aliphatic hydroxyl groups is 5. The summed E-state index contributed by atoms with van der Waals surface area (Å²) in [7, 11) is 0. The number of rotatable bonds is 6. The maximum Gasteiger partial charge on any atom is 0.229 e. The van der Waals surface area contributed by atoms with Crippen molar-refractivity contribution in [3.8, 4) is 0 Å². The first-order chi connectivity index (χ1) is 7.99. The molecule has 0 radical (unpaired) electrons. The molecule has 7 nitrogen and oxygen atoms in total. The van der Waals surface area contributed by atoms with Crippen molar-refractivity contribution in [1.29, 1.82) is 0 Å². The van der Waals surface area contributed by atoms with E-state index in [1.807, 2.05) is 0 Å². The van der Waals surface area contributed by atoms with Crippen molar-refractivity contribution in [1.82, 2.24) is 0 Å². The molecule has 96 valence electrons. The number of ketones is 1. The first-order valence-electron chi connectivity index (χ1n) is 4.90. The molecule has 0 spiro atoms. The van der Waals surface area contributed by atoms with Crippen LogP contribution >= 0.6 is 0 Å². The van der Waals surface area contributed by atoms with Crippen molar-refractivity contribution in [2.24, 2.45) is 0 Å². The minimum absolute atomic E-state index is 0.178. The zero-order valence-corrected chi connectivity index (χ0v) is 8.80. The van der Waals surface area contributed by atoms with Crippen LogP contribution in [0.2, 0.25) is 0 Å². The summed E-state index contributed by atoms with van der Waals surface area (Å²) in [6.45, 7) is -0.806. The molecule has 7 heteroatoms. The van der Waals surface area contributed by atoms with Gasteiger partial charge in [-0.15, -0.1) is 0 Å². The predicted octanol–water partition coefficient (Wildman–Crippen LogP) is -2.10. The van der Waals surface area contributed by atoms with Crippen LogP contribution in [0.5, 0.6) is 0 Å². The number of hydrogen-bond donors (Lipinski definition) is 5. The Morgan fingerprint density at radius 2 is 1.88 bits per heavy atom. The largest absolute Gasteiger partial charge is 0.461 e. The summed E-state index contributed by atoms with van der Waals surface area (Å²) in [6.07, 6.45) is -6.14.